The molecule has 0 saturated carbocycles. The second-order valence-corrected chi connectivity index (χ2v) is 9.40. The largest absolute Gasteiger partial charge is 0.490 e. The standard InChI is InChI=1S/C24H27Cl2FN2O4/c1-32-11-6-15-12-20(19(27)13-18(15)26)29-9-7-24(31,8-10-29)14-33-21-4-3-17(25)23-16(21)2-5-22(30)28-23/h3-4,12-13,31H,2,5-11,14H2,1H3,(H,28,30). The molecule has 178 valence electrons. The quantitative estimate of drug-likeness (QED) is 0.585. The van der Waals surface area contributed by atoms with E-state index in [-0.39, 0.29) is 18.3 Å². The Balaban J connectivity index is 1.41. The highest BCUT2D eigenvalue weighted by Crippen LogP contribution is 2.38. The molecule has 1 amide bonds. The van der Waals surface area contributed by atoms with Crippen LogP contribution in [-0.4, -0.2) is 50.0 Å². The molecule has 0 atom stereocenters. The first kappa shape index (κ1) is 24.1. The minimum atomic E-state index is -1.04. The first-order valence-electron chi connectivity index (χ1n) is 11.0. The van der Waals surface area contributed by atoms with E-state index < -0.39 is 5.60 Å². The van der Waals surface area contributed by atoms with Crippen molar-refractivity contribution >= 4 is 40.5 Å². The Morgan fingerprint density at radius 3 is 2.67 bits per heavy atom. The van der Waals surface area contributed by atoms with Gasteiger partial charge in [0.05, 0.1) is 23.0 Å². The summed E-state index contributed by atoms with van der Waals surface area (Å²) in [4.78, 5) is 13.6. The number of anilines is 2. The second kappa shape index (κ2) is 10.1. The topological polar surface area (TPSA) is 71.0 Å². The van der Waals surface area contributed by atoms with Crippen LogP contribution in [0.3, 0.4) is 0 Å². The summed E-state index contributed by atoms with van der Waals surface area (Å²) < 4.78 is 25.7. The summed E-state index contributed by atoms with van der Waals surface area (Å²) in [5.41, 5.74) is 1.70. The van der Waals surface area contributed by atoms with Crippen molar-refractivity contribution in [2.45, 2.75) is 37.7 Å². The van der Waals surface area contributed by atoms with Gasteiger partial charge in [0.15, 0.2) is 0 Å². The number of ether oxygens (including phenoxy) is 2. The zero-order chi connectivity index (χ0) is 23.6. The molecule has 1 fully saturated rings. The number of rotatable bonds is 7. The van der Waals surface area contributed by atoms with Crippen molar-refractivity contribution in [3.05, 3.63) is 51.3 Å². The Bertz CT molecular complexity index is 1040. The van der Waals surface area contributed by atoms with Gasteiger partial charge in [-0.3, -0.25) is 4.79 Å². The van der Waals surface area contributed by atoms with Gasteiger partial charge in [-0.2, -0.15) is 0 Å². The average molecular weight is 497 g/mol. The number of amides is 1. The molecule has 2 heterocycles. The number of fused-ring (bicyclic) bond motifs is 1. The Kier molecular flexibility index (Phi) is 7.34. The summed E-state index contributed by atoms with van der Waals surface area (Å²) in [6.45, 7) is 1.57. The molecule has 0 aliphatic carbocycles. The Labute approximate surface area is 202 Å². The molecular formula is C24H27Cl2FN2O4. The Hall–Kier alpha value is -2.06. The monoisotopic (exact) mass is 496 g/mol. The molecule has 0 radical (unpaired) electrons. The molecule has 2 aliphatic heterocycles. The molecule has 0 unspecified atom stereocenters. The number of carbonyl (C=O) groups excluding carboxylic acids is 1. The van der Waals surface area contributed by atoms with Crippen LogP contribution in [0.25, 0.3) is 0 Å². The molecule has 2 aliphatic rings. The molecule has 1 saturated heterocycles. The molecule has 2 aromatic carbocycles. The van der Waals surface area contributed by atoms with Gasteiger partial charge in [-0.05, 0) is 55.5 Å². The third-order valence-electron chi connectivity index (χ3n) is 6.31. The second-order valence-electron chi connectivity index (χ2n) is 8.59. The fraction of sp³-hybridized carbons (Fsp3) is 0.458. The lowest BCUT2D eigenvalue weighted by Gasteiger charge is -2.39. The minimum absolute atomic E-state index is 0.0765. The van der Waals surface area contributed by atoms with E-state index in [1.54, 1.807) is 25.3 Å². The van der Waals surface area contributed by atoms with Crippen LogP contribution in [-0.2, 0) is 22.4 Å². The molecular weight excluding hydrogens is 470 g/mol. The van der Waals surface area contributed by atoms with Gasteiger partial charge in [0.1, 0.15) is 23.8 Å². The van der Waals surface area contributed by atoms with Gasteiger partial charge in [-0.25, -0.2) is 4.39 Å². The third-order valence-corrected chi connectivity index (χ3v) is 6.97. The van der Waals surface area contributed by atoms with Crippen LogP contribution in [0.5, 0.6) is 5.75 Å². The fourth-order valence-electron chi connectivity index (χ4n) is 4.31. The molecule has 9 heteroatoms. The maximum Gasteiger partial charge on any atom is 0.224 e. The van der Waals surface area contributed by atoms with Crippen LogP contribution < -0.4 is 15.0 Å². The molecule has 0 aromatic heterocycles. The number of nitrogens with one attached hydrogen (secondary N) is 1. The number of piperidine rings is 1. The van der Waals surface area contributed by atoms with Crippen molar-refractivity contribution in [1.82, 2.24) is 0 Å². The Morgan fingerprint density at radius 1 is 1.18 bits per heavy atom. The van der Waals surface area contributed by atoms with Crippen molar-refractivity contribution in [2.75, 3.05) is 43.6 Å². The lowest BCUT2D eigenvalue weighted by atomic mass is 9.91. The maximum atomic E-state index is 14.6. The highest BCUT2D eigenvalue weighted by Gasteiger charge is 2.34. The summed E-state index contributed by atoms with van der Waals surface area (Å²) >= 11 is 12.4. The van der Waals surface area contributed by atoms with Crippen LogP contribution in [0.15, 0.2) is 24.3 Å². The average Bonchev–Trinajstić information content (AvgIpc) is 2.79. The van der Waals surface area contributed by atoms with Gasteiger partial charge < -0.3 is 24.8 Å². The first-order valence-corrected chi connectivity index (χ1v) is 11.7. The molecule has 0 spiro atoms. The minimum Gasteiger partial charge on any atom is -0.490 e. The zero-order valence-electron chi connectivity index (χ0n) is 18.4. The van der Waals surface area contributed by atoms with Gasteiger partial charge in [0.2, 0.25) is 5.91 Å². The van der Waals surface area contributed by atoms with E-state index in [2.05, 4.69) is 5.32 Å². The summed E-state index contributed by atoms with van der Waals surface area (Å²) in [6, 6.07) is 6.56. The molecule has 0 bridgehead atoms. The predicted molar refractivity (Wildman–Crippen MR) is 127 cm³/mol. The normalized spacial score (nSPS) is 17.5. The highest BCUT2D eigenvalue weighted by molar-refractivity contribution is 6.34. The number of benzene rings is 2. The number of halogens is 3. The molecule has 4 rings (SSSR count). The predicted octanol–water partition coefficient (Wildman–Crippen LogP) is 4.62. The van der Waals surface area contributed by atoms with Crippen LogP contribution in [0.1, 0.15) is 30.4 Å². The number of carbonyl (C=O) groups is 1. The Morgan fingerprint density at radius 2 is 1.94 bits per heavy atom. The smallest absolute Gasteiger partial charge is 0.224 e. The number of hydrogen-bond donors (Lipinski definition) is 2. The summed E-state index contributed by atoms with van der Waals surface area (Å²) in [5.74, 6) is 0.154. The van der Waals surface area contributed by atoms with E-state index in [1.165, 1.54) is 6.07 Å². The summed E-state index contributed by atoms with van der Waals surface area (Å²) in [5, 5.41) is 14.7. The summed E-state index contributed by atoms with van der Waals surface area (Å²) in [7, 11) is 1.61. The zero-order valence-corrected chi connectivity index (χ0v) is 19.9. The fourth-order valence-corrected chi connectivity index (χ4v) is 4.78. The maximum absolute atomic E-state index is 14.6. The van der Waals surface area contributed by atoms with Gasteiger partial charge in [0.25, 0.3) is 0 Å². The van der Waals surface area contributed by atoms with Crippen molar-refractivity contribution in [3.63, 3.8) is 0 Å². The van der Waals surface area contributed by atoms with E-state index >= 15 is 0 Å². The van der Waals surface area contributed by atoms with E-state index in [1.807, 2.05) is 4.90 Å². The van der Waals surface area contributed by atoms with Gasteiger partial charge in [0, 0.05) is 37.2 Å². The van der Waals surface area contributed by atoms with Crippen LogP contribution >= 0.6 is 23.2 Å². The number of nitrogens with zero attached hydrogens (tertiary/aromatic N) is 1. The third kappa shape index (κ3) is 5.38. The van der Waals surface area contributed by atoms with E-state index in [9.17, 15) is 14.3 Å². The molecule has 2 N–H and O–H groups in total. The SMILES string of the molecule is COCCc1cc(N2CCC(O)(COc3ccc(Cl)c4c3CCC(=O)N4)CC2)c(F)cc1Cl. The van der Waals surface area contributed by atoms with Crippen molar-refractivity contribution in [2.24, 2.45) is 0 Å². The van der Waals surface area contributed by atoms with Gasteiger partial charge in [-0.1, -0.05) is 23.2 Å². The van der Waals surface area contributed by atoms with Crippen molar-refractivity contribution in [1.29, 1.82) is 0 Å². The van der Waals surface area contributed by atoms with E-state index in [4.69, 9.17) is 32.7 Å². The molecule has 6 nitrogen and oxygen atoms in total. The number of hydrogen-bond acceptors (Lipinski definition) is 5. The number of methoxy groups -OCH3 is 1. The molecule has 2 aromatic rings. The first-order chi connectivity index (χ1) is 15.8. The lowest BCUT2D eigenvalue weighted by molar-refractivity contribution is -0.116. The van der Waals surface area contributed by atoms with Gasteiger partial charge >= 0.3 is 0 Å². The molecule has 33 heavy (non-hydrogen) atoms. The lowest BCUT2D eigenvalue weighted by Crippen LogP contribution is -2.48. The van der Waals surface area contributed by atoms with E-state index in [0.717, 1.165) is 11.1 Å². The summed E-state index contributed by atoms with van der Waals surface area (Å²) in [6.07, 6.45) is 2.34. The van der Waals surface area contributed by atoms with Crippen LogP contribution in [0, 0.1) is 5.82 Å². The number of aliphatic hydroxyl groups is 1. The highest BCUT2D eigenvalue weighted by atomic mass is 35.5. The van der Waals surface area contributed by atoms with E-state index in [0.29, 0.717) is 79.0 Å². The van der Waals surface area contributed by atoms with Gasteiger partial charge in [-0.15, -0.1) is 0 Å². The van der Waals surface area contributed by atoms with Crippen LogP contribution in [0.4, 0.5) is 15.8 Å². The van der Waals surface area contributed by atoms with Crippen LogP contribution in [0.2, 0.25) is 10.0 Å². The van der Waals surface area contributed by atoms with Crippen molar-refractivity contribution in [3.8, 4) is 5.75 Å². The van der Waals surface area contributed by atoms with Crippen molar-refractivity contribution < 1.29 is 23.8 Å².